The van der Waals surface area contributed by atoms with Gasteiger partial charge in [-0.2, -0.15) is 0 Å². The number of amides is 1. The fourth-order valence-corrected chi connectivity index (χ4v) is 5.14. The molecule has 1 heterocycles. The molecule has 0 spiro atoms. The smallest absolute Gasteiger partial charge is 0.283 e. The first kappa shape index (κ1) is 24.6. The van der Waals surface area contributed by atoms with E-state index in [1.165, 1.54) is 25.1 Å². The van der Waals surface area contributed by atoms with Crippen LogP contribution in [-0.4, -0.2) is 49.5 Å². The number of hydrogen-bond acceptors (Lipinski definition) is 3. The van der Waals surface area contributed by atoms with Crippen LogP contribution in [0.5, 0.6) is 0 Å². The molecule has 0 aromatic heterocycles. The van der Waals surface area contributed by atoms with Crippen LogP contribution in [0.25, 0.3) is 11.1 Å². The number of hydrogen-bond donors (Lipinski definition) is 1. The van der Waals surface area contributed by atoms with E-state index in [1.54, 1.807) is 0 Å². The van der Waals surface area contributed by atoms with Crippen molar-refractivity contribution in [3.8, 4) is 11.1 Å². The molecular formula is C23H23F5N2O3S. The van der Waals surface area contributed by atoms with E-state index in [0.29, 0.717) is 12.8 Å². The zero-order valence-electron chi connectivity index (χ0n) is 18.2. The summed E-state index contributed by atoms with van der Waals surface area (Å²) in [4.78, 5) is 13.7. The van der Waals surface area contributed by atoms with Gasteiger partial charge < -0.3 is 4.90 Å². The number of carbonyl (C=O) groups excluding carboxylic acids is 1. The van der Waals surface area contributed by atoms with Gasteiger partial charge in [0.2, 0.25) is 15.9 Å². The first-order chi connectivity index (χ1) is 15.9. The van der Waals surface area contributed by atoms with Crippen LogP contribution < -0.4 is 4.72 Å². The van der Waals surface area contributed by atoms with Gasteiger partial charge in [0.1, 0.15) is 23.5 Å². The normalized spacial score (nSPS) is 22.2. The maximum atomic E-state index is 15.4. The lowest BCUT2D eigenvalue weighted by molar-refractivity contribution is -0.134. The number of halogens is 5. The van der Waals surface area contributed by atoms with Crippen LogP contribution in [0, 0.1) is 23.4 Å². The van der Waals surface area contributed by atoms with Gasteiger partial charge in [-0.3, -0.25) is 4.79 Å². The van der Waals surface area contributed by atoms with Crippen molar-refractivity contribution in [2.75, 3.05) is 12.3 Å². The quantitative estimate of drug-likeness (QED) is 0.585. The summed E-state index contributed by atoms with van der Waals surface area (Å²) in [5.41, 5.74) is -0.742. The highest BCUT2D eigenvalue weighted by molar-refractivity contribution is 7.89. The molecule has 4 rings (SSSR count). The Labute approximate surface area is 194 Å². The molecule has 1 aliphatic carbocycles. The van der Waals surface area contributed by atoms with Gasteiger partial charge in [0.05, 0.1) is 18.3 Å². The predicted octanol–water partition coefficient (Wildman–Crippen LogP) is 3.88. The van der Waals surface area contributed by atoms with E-state index >= 15 is 4.39 Å². The Morgan fingerprint density at radius 1 is 1.12 bits per heavy atom. The average molecular weight is 503 g/mol. The summed E-state index contributed by atoms with van der Waals surface area (Å²) < 4.78 is 99.5. The largest absolute Gasteiger partial charge is 0.331 e. The second-order valence-electron chi connectivity index (χ2n) is 8.67. The average Bonchev–Trinajstić information content (AvgIpc) is 3.59. The predicted molar refractivity (Wildman–Crippen MR) is 115 cm³/mol. The lowest BCUT2D eigenvalue weighted by atomic mass is 9.95. The van der Waals surface area contributed by atoms with Crippen molar-refractivity contribution in [3.05, 3.63) is 59.4 Å². The molecule has 2 aromatic rings. The number of carbonyl (C=O) groups is 1. The molecule has 5 nitrogen and oxygen atoms in total. The third-order valence-electron chi connectivity index (χ3n) is 6.24. The van der Waals surface area contributed by atoms with Crippen LogP contribution in [0.4, 0.5) is 22.0 Å². The second kappa shape index (κ2) is 8.92. The molecule has 1 aliphatic heterocycles. The van der Waals surface area contributed by atoms with Gasteiger partial charge in [0.25, 0.3) is 5.92 Å². The SMILES string of the molecule is CCS(=O)(=O)N[C@@H]1[C@H](Cc2cccc(-c3cc(F)ccc3F)c2F)N(C(=O)C2CC2)CC1(F)F. The number of nitrogens with one attached hydrogen (secondary N) is 1. The fraction of sp³-hybridized carbons (Fsp3) is 0.435. The molecule has 0 radical (unpaired) electrons. The minimum Gasteiger partial charge on any atom is -0.331 e. The maximum absolute atomic E-state index is 15.4. The summed E-state index contributed by atoms with van der Waals surface area (Å²) in [5.74, 6) is -7.60. The molecule has 11 heteroatoms. The van der Waals surface area contributed by atoms with Crippen molar-refractivity contribution in [3.63, 3.8) is 0 Å². The topological polar surface area (TPSA) is 66.5 Å². The van der Waals surface area contributed by atoms with E-state index in [2.05, 4.69) is 0 Å². The van der Waals surface area contributed by atoms with Crippen LogP contribution in [0.1, 0.15) is 25.3 Å². The third kappa shape index (κ3) is 4.81. The molecule has 1 amide bonds. The molecule has 0 bridgehead atoms. The molecule has 2 aliphatic rings. The monoisotopic (exact) mass is 502 g/mol. The third-order valence-corrected chi connectivity index (χ3v) is 7.62. The van der Waals surface area contributed by atoms with E-state index in [0.717, 1.165) is 23.1 Å². The highest BCUT2D eigenvalue weighted by Gasteiger charge is 2.58. The first-order valence-electron chi connectivity index (χ1n) is 10.8. The van der Waals surface area contributed by atoms with E-state index in [4.69, 9.17) is 0 Å². The molecule has 0 unspecified atom stereocenters. The summed E-state index contributed by atoms with van der Waals surface area (Å²) >= 11 is 0. The molecule has 1 N–H and O–H groups in total. The van der Waals surface area contributed by atoms with Crippen molar-refractivity contribution >= 4 is 15.9 Å². The van der Waals surface area contributed by atoms with Gasteiger partial charge in [-0.1, -0.05) is 18.2 Å². The number of rotatable bonds is 7. The first-order valence-corrected chi connectivity index (χ1v) is 12.5. The number of alkyl halides is 2. The summed E-state index contributed by atoms with van der Waals surface area (Å²) in [6, 6.07) is 3.10. The molecule has 184 valence electrons. The summed E-state index contributed by atoms with van der Waals surface area (Å²) in [5, 5.41) is 0. The Morgan fingerprint density at radius 2 is 1.82 bits per heavy atom. The Kier molecular flexibility index (Phi) is 6.45. The zero-order chi connectivity index (χ0) is 24.8. The summed E-state index contributed by atoms with van der Waals surface area (Å²) in [6.45, 7) is 0.290. The lowest BCUT2D eigenvalue weighted by Gasteiger charge is -2.29. The minimum atomic E-state index is -4.08. The van der Waals surface area contributed by atoms with Crippen molar-refractivity contribution in [2.24, 2.45) is 5.92 Å². The summed E-state index contributed by atoms with van der Waals surface area (Å²) in [7, 11) is -4.08. The molecule has 2 atom stereocenters. The van der Waals surface area contributed by atoms with Gasteiger partial charge in [0.15, 0.2) is 0 Å². The number of nitrogens with zero attached hydrogens (tertiary/aromatic N) is 1. The maximum Gasteiger partial charge on any atom is 0.283 e. The molecule has 1 saturated heterocycles. The molecular weight excluding hydrogens is 479 g/mol. The van der Waals surface area contributed by atoms with Gasteiger partial charge >= 0.3 is 0 Å². The Hall–Kier alpha value is -2.53. The van der Waals surface area contributed by atoms with Gasteiger partial charge in [-0.05, 0) is 49.9 Å². The second-order valence-corrected chi connectivity index (χ2v) is 10.7. The van der Waals surface area contributed by atoms with Crippen LogP contribution >= 0.6 is 0 Å². The van der Waals surface area contributed by atoms with E-state index in [-0.39, 0.29) is 16.7 Å². The zero-order valence-corrected chi connectivity index (χ0v) is 19.0. The van der Waals surface area contributed by atoms with E-state index in [1.807, 2.05) is 4.72 Å². The molecule has 1 saturated carbocycles. The van der Waals surface area contributed by atoms with Crippen molar-refractivity contribution in [2.45, 2.75) is 44.2 Å². The van der Waals surface area contributed by atoms with Crippen molar-refractivity contribution in [1.82, 2.24) is 9.62 Å². The Bertz CT molecular complexity index is 1220. The molecule has 2 aromatic carbocycles. The van der Waals surface area contributed by atoms with Gasteiger partial charge in [0, 0.05) is 17.0 Å². The van der Waals surface area contributed by atoms with Crippen LogP contribution in [-0.2, 0) is 21.2 Å². The van der Waals surface area contributed by atoms with E-state index in [9.17, 15) is 30.8 Å². The fourth-order valence-electron chi connectivity index (χ4n) is 4.25. The Balaban J connectivity index is 1.74. The van der Waals surface area contributed by atoms with Gasteiger partial charge in [-0.15, -0.1) is 0 Å². The standard InChI is InChI=1S/C23H23F5N2O3S/c1-2-34(32,33)29-21-19(30(12-23(21,27)28)22(31)13-6-7-13)10-14-4-3-5-16(20(14)26)17-11-15(24)8-9-18(17)25/h3-5,8-9,11,13,19,21,29H,2,6-7,10,12H2,1H3/t19-,21+/m0/s1. The molecule has 2 fully saturated rings. The Morgan fingerprint density at radius 3 is 2.47 bits per heavy atom. The van der Waals surface area contributed by atoms with Gasteiger partial charge in [-0.25, -0.2) is 35.1 Å². The number of likely N-dealkylation sites (tertiary alicyclic amines) is 1. The lowest BCUT2D eigenvalue weighted by Crippen LogP contribution is -2.52. The highest BCUT2D eigenvalue weighted by Crippen LogP contribution is 2.40. The highest BCUT2D eigenvalue weighted by atomic mass is 32.2. The summed E-state index contributed by atoms with van der Waals surface area (Å²) in [6.07, 6.45) is 0.644. The van der Waals surface area contributed by atoms with E-state index < -0.39 is 76.0 Å². The van der Waals surface area contributed by atoms with Crippen LogP contribution in [0.3, 0.4) is 0 Å². The van der Waals surface area contributed by atoms with Crippen molar-refractivity contribution in [1.29, 1.82) is 0 Å². The van der Waals surface area contributed by atoms with Crippen LogP contribution in [0.15, 0.2) is 36.4 Å². The minimum absolute atomic E-state index is 0.127. The number of benzene rings is 2. The van der Waals surface area contributed by atoms with Crippen LogP contribution in [0.2, 0.25) is 0 Å². The molecule has 34 heavy (non-hydrogen) atoms. The number of sulfonamides is 1. The van der Waals surface area contributed by atoms with Crippen molar-refractivity contribution < 1.29 is 35.2 Å².